The van der Waals surface area contributed by atoms with Crippen molar-refractivity contribution in [2.45, 2.75) is 6.04 Å². The average molecular weight is 376 g/mol. The highest BCUT2D eigenvalue weighted by Crippen LogP contribution is 2.16. The Morgan fingerprint density at radius 2 is 2.07 bits per heavy atom. The smallest absolute Gasteiger partial charge is 0.193 e. The van der Waals surface area contributed by atoms with Crippen molar-refractivity contribution < 1.29 is 9.13 Å². The van der Waals surface area contributed by atoms with Crippen LogP contribution in [0.4, 0.5) is 4.39 Å². The average Bonchev–Trinajstić information content (AvgIpc) is 3.06. The summed E-state index contributed by atoms with van der Waals surface area (Å²) in [5, 5.41) is 7.64. The molecular formula is C19H29FN6O. The van der Waals surface area contributed by atoms with Crippen molar-refractivity contribution in [2.24, 2.45) is 12.0 Å². The molecule has 0 saturated heterocycles. The second-order valence-corrected chi connectivity index (χ2v) is 6.56. The highest BCUT2D eigenvalue weighted by molar-refractivity contribution is 5.79. The zero-order chi connectivity index (χ0) is 19.8. The van der Waals surface area contributed by atoms with Crippen LogP contribution in [0.3, 0.4) is 0 Å². The topological polar surface area (TPSA) is 57.9 Å². The Bertz CT molecular complexity index is 745. The number of benzene rings is 1. The van der Waals surface area contributed by atoms with Gasteiger partial charge in [0.2, 0.25) is 0 Å². The molecule has 1 aromatic carbocycles. The number of aromatic nitrogens is 2. The van der Waals surface area contributed by atoms with Crippen LogP contribution in [0.25, 0.3) is 0 Å². The third kappa shape index (κ3) is 5.96. The summed E-state index contributed by atoms with van der Waals surface area (Å²) in [7, 11) is 9.65. The van der Waals surface area contributed by atoms with Crippen LogP contribution in [0.1, 0.15) is 11.6 Å². The van der Waals surface area contributed by atoms with Gasteiger partial charge in [0.25, 0.3) is 0 Å². The summed E-state index contributed by atoms with van der Waals surface area (Å²) >= 11 is 0. The van der Waals surface area contributed by atoms with Gasteiger partial charge in [-0.2, -0.15) is 5.10 Å². The first-order chi connectivity index (χ1) is 12.9. The lowest BCUT2D eigenvalue weighted by Crippen LogP contribution is -2.44. The first-order valence-corrected chi connectivity index (χ1v) is 8.86. The van der Waals surface area contributed by atoms with E-state index in [0.29, 0.717) is 19.7 Å². The molecule has 27 heavy (non-hydrogen) atoms. The minimum Gasteiger partial charge on any atom is -0.489 e. The largest absolute Gasteiger partial charge is 0.489 e. The Morgan fingerprint density at radius 1 is 1.33 bits per heavy atom. The molecule has 1 N–H and O–H groups in total. The quantitative estimate of drug-likeness (QED) is 0.562. The van der Waals surface area contributed by atoms with Crippen molar-refractivity contribution in [3.8, 4) is 5.75 Å². The highest BCUT2D eigenvalue weighted by atomic mass is 19.1. The van der Waals surface area contributed by atoms with E-state index in [-0.39, 0.29) is 17.6 Å². The number of guanidine groups is 1. The lowest BCUT2D eigenvalue weighted by Gasteiger charge is -2.27. The molecule has 148 valence electrons. The molecule has 0 aliphatic carbocycles. The maximum absolute atomic E-state index is 13.6. The van der Waals surface area contributed by atoms with E-state index in [1.54, 1.807) is 29.9 Å². The van der Waals surface area contributed by atoms with Gasteiger partial charge in [-0.05, 0) is 26.2 Å². The number of halogens is 1. The molecule has 1 aromatic heterocycles. The van der Waals surface area contributed by atoms with E-state index < -0.39 is 0 Å². The summed E-state index contributed by atoms with van der Waals surface area (Å²) in [5.41, 5.74) is 1.14. The maximum atomic E-state index is 13.6. The summed E-state index contributed by atoms with van der Waals surface area (Å²) in [4.78, 5) is 8.42. The summed E-state index contributed by atoms with van der Waals surface area (Å²) in [6, 6.07) is 6.57. The van der Waals surface area contributed by atoms with E-state index in [1.807, 2.05) is 45.5 Å². The van der Waals surface area contributed by atoms with Crippen molar-refractivity contribution in [2.75, 3.05) is 47.9 Å². The number of para-hydroxylation sites is 1. The maximum Gasteiger partial charge on any atom is 0.193 e. The minimum atomic E-state index is -0.354. The van der Waals surface area contributed by atoms with E-state index >= 15 is 0 Å². The summed E-state index contributed by atoms with van der Waals surface area (Å²) in [6.07, 6.45) is 3.89. The minimum absolute atomic E-state index is 0.165. The van der Waals surface area contributed by atoms with E-state index in [0.717, 1.165) is 11.5 Å². The first-order valence-electron chi connectivity index (χ1n) is 8.86. The second-order valence-electron chi connectivity index (χ2n) is 6.56. The normalized spacial score (nSPS) is 12.9. The molecule has 2 rings (SSSR count). The number of nitrogens with one attached hydrogen (secondary N) is 1. The molecule has 8 heteroatoms. The van der Waals surface area contributed by atoms with Gasteiger partial charge in [-0.15, -0.1) is 0 Å². The molecule has 0 aliphatic heterocycles. The molecular weight excluding hydrogens is 347 g/mol. The van der Waals surface area contributed by atoms with Crippen molar-refractivity contribution in [1.29, 1.82) is 0 Å². The van der Waals surface area contributed by atoms with Crippen LogP contribution in [0, 0.1) is 5.82 Å². The van der Waals surface area contributed by atoms with Crippen LogP contribution in [0.5, 0.6) is 5.75 Å². The Labute approximate surface area is 160 Å². The monoisotopic (exact) mass is 376 g/mol. The Hall–Kier alpha value is -2.61. The van der Waals surface area contributed by atoms with Gasteiger partial charge in [-0.3, -0.25) is 9.67 Å². The lowest BCUT2D eigenvalue weighted by atomic mass is 10.1. The standard InChI is InChI=1S/C19H29FN6O/c1-21-19(22-13-17(24(2)3)15-12-23-26(5)14-15)25(4)10-11-27-18-9-7-6-8-16(18)20/h6-9,12,14,17H,10-11,13H2,1-5H3,(H,21,22). The summed E-state index contributed by atoms with van der Waals surface area (Å²) in [6.45, 7) is 1.62. The number of ether oxygens (including phenoxy) is 1. The van der Waals surface area contributed by atoms with Gasteiger partial charge in [0.05, 0.1) is 18.8 Å². The number of hydrogen-bond acceptors (Lipinski definition) is 4. The molecule has 7 nitrogen and oxygen atoms in total. The number of aryl methyl sites for hydroxylation is 1. The molecule has 0 amide bonds. The van der Waals surface area contributed by atoms with Gasteiger partial charge in [0.15, 0.2) is 17.5 Å². The van der Waals surface area contributed by atoms with Gasteiger partial charge in [0.1, 0.15) is 6.61 Å². The number of hydrogen-bond donors (Lipinski definition) is 1. The number of rotatable bonds is 8. The van der Waals surface area contributed by atoms with Crippen LogP contribution in [-0.2, 0) is 7.05 Å². The number of aliphatic imine (C=N–C) groups is 1. The Kier molecular flexibility index (Phi) is 7.60. The third-order valence-electron chi connectivity index (χ3n) is 4.28. The molecule has 1 atom stereocenters. The van der Waals surface area contributed by atoms with E-state index in [9.17, 15) is 4.39 Å². The van der Waals surface area contributed by atoms with E-state index in [4.69, 9.17) is 4.74 Å². The third-order valence-corrected chi connectivity index (χ3v) is 4.28. The fraction of sp³-hybridized carbons (Fsp3) is 0.474. The number of nitrogens with zero attached hydrogens (tertiary/aromatic N) is 5. The van der Waals surface area contributed by atoms with E-state index in [1.165, 1.54) is 6.07 Å². The van der Waals surface area contributed by atoms with Gasteiger partial charge in [0, 0.05) is 39.4 Å². The molecule has 0 spiro atoms. The molecule has 2 aromatic rings. The summed E-state index contributed by atoms with van der Waals surface area (Å²) in [5.74, 6) is 0.661. The van der Waals surface area contributed by atoms with Crippen LogP contribution in [-0.4, -0.2) is 73.4 Å². The molecule has 0 aliphatic rings. The predicted molar refractivity (Wildman–Crippen MR) is 106 cm³/mol. The number of likely N-dealkylation sites (N-methyl/N-ethyl adjacent to an activating group) is 2. The molecule has 0 radical (unpaired) electrons. The van der Waals surface area contributed by atoms with Gasteiger partial charge < -0.3 is 19.9 Å². The van der Waals surface area contributed by atoms with Crippen LogP contribution < -0.4 is 10.1 Å². The van der Waals surface area contributed by atoms with Crippen LogP contribution >= 0.6 is 0 Å². The fourth-order valence-corrected chi connectivity index (χ4v) is 2.74. The van der Waals surface area contributed by atoms with Crippen molar-refractivity contribution >= 4 is 5.96 Å². The van der Waals surface area contributed by atoms with Crippen molar-refractivity contribution in [1.82, 2.24) is 24.9 Å². The zero-order valence-corrected chi connectivity index (χ0v) is 16.7. The van der Waals surface area contributed by atoms with Gasteiger partial charge in [-0.1, -0.05) is 12.1 Å². The summed E-state index contributed by atoms with van der Waals surface area (Å²) < 4.78 is 20.9. The zero-order valence-electron chi connectivity index (χ0n) is 16.7. The fourth-order valence-electron chi connectivity index (χ4n) is 2.74. The van der Waals surface area contributed by atoms with Crippen LogP contribution in [0.15, 0.2) is 41.7 Å². The van der Waals surface area contributed by atoms with Gasteiger partial charge in [-0.25, -0.2) is 4.39 Å². The SMILES string of the molecule is CN=C(NCC(c1cnn(C)c1)N(C)C)N(C)CCOc1ccccc1F. The highest BCUT2D eigenvalue weighted by Gasteiger charge is 2.17. The Morgan fingerprint density at radius 3 is 2.67 bits per heavy atom. The second kappa shape index (κ2) is 9.91. The van der Waals surface area contributed by atoms with Gasteiger partial charge >= 0.3 is 0 Å². The lowest BCUT2D eigenvalue weighted by molar-refractivity contribution is 0.266. The van der Waals surface area contributed by atoms with Crippen LogP contribution in [0.2, 0.25) is 0 Å². The Balaban J connectivity index is 1.87. The van der Waals surface area contributed by atoms with E-state index in [2.05, 4.69) is 20.3 Å². The molecule has 1 unspecified atom stereocenters. The van der Waals surface area contributed by atoms with Crippen molar-refractivity contribution in [3.63, 3.8) is 0 Å². The molecule has 0 fully saturated rings. The molecule has 0 saturated carbocycles. The molecule has 1 heterocycles. The predicted octanol–water partition coefficient (Wildman–Crippen LogP) is 1.75. The first kappa shape index (κ1) is 20.7. The molecule has 0 bridgehead atoms. The van der Waals surface area contributed by atoms with Crippen molar-refractivity contribution in [3.05, 3.63) is 48.0 Å².